The van der Waals surface area contributed by atoms with Gasteiger partial charge in [-0.15, -0.1) is 0 Å². The molecule has 20 heavy (non-hydrogen) atoms. The van der Waals surface area contributed by atoms with Gasteiger partial charge < -0.3 is 4.90 Å². The van der Waals surface area contributed by atoms with Crippen LogP contribution < -0.4 is 0 Å². The average Bonchev–Trinajstić information content (AvgIpc) is 3.18. The van der Waals surface area contributed by atoms with Gasteiger partial charge in [0.05, 0.1) is 5.56 Å². The highest BCUT2D eigenvalue weighted by Crippen LogP contribution is 2.36. The summed E-state index contributed by atoms with van der Waals surface area (Å²) in [6.07, 6.45) is -2.88. The Bertz CT molecular complexity index is 496. The Morgan fingerprint density at radius 3 is 2.45 bits per heavy atom. The van der Waals surface area contributed by atoms with Gasteiger partial charge in [-0.25, -0.2) is 4.39 Å². The molecule has 6 heteroatoms. The second kappa shape index (κ2) is 5.42. The molecule has 1 atom stereocenters. The lowest BCUT2D eigenvalue weighted by molar-refractivity contribution is -0.144. The quantitative estimate of drug-likeness (QED) is 0.775. The number of benzene rings is 1. The highest BCUT2D eigenvalue weighted by atomic mass is 19.4. The zero-order valence-electron chi connectivity index (χ0n) is 11.0. The molecule has 2 nitrogen and oxygen atoms in total. The van der Waals surface area contributed by atoms with Gasteiger partial charge in [0.2, 0.25) is 0 Å². The largest absolute Gasteiger partial charge is 0.406 e. The first-order chi connectivity index (χ1) is 9.29. The van der Waals surface area contributed by atoms with Crippen molar-refractivity contribution < 1.29 is 22.4 Å². The van der Waals surface area contributed by atoms with Crippen LogP contribution in [0.5, 0.6) is 0 Å². The monoisotopic (exact) mass is 289 g/mol. The van der Waals surface area contributed by atoms with Crippen molar-refractivity contribution in [2.45, 2.75) is 32.0 Å². The summed E-state index contributed by atoms with van der Waals surface area (Å²) in [5.74, 6) is -1.62. The molecule has 1 aliphatic carbocycles. The van der Waals surface area contributed by atoms with Crippen LogP contribution in [0.4, 0.5) is 17.6 Å². The van der Waals surface area contributed by atoms with Crippen molar-refractivity contribution in [1.29, 1.82) is 0 Å². The SMILES string of the molecule is C[C@H](C1CC1)N(CC(F)(F)F)C(=O)c1ccccc1F. The molecule has 0 unspecified atom stereocenters. The summed E-state index contributed by atoms with van der Waals surface area (Å²) in [7, 11) is 0. The van der Waals surface area contributed by atoms with E-state index in [9.17, 15) is 22.4 Å². The van der Waals surface area contributed by atoms with Crippen LogP contribution in [0.15, 0.2) is 24.3 Å². The third-order valence-electron chi connectivity index (χ3n) is 3.51. The van der Waals surface area contributed by atoms with Crippen molar-refractivity contribution in [3.8, 4) is 0 Å². The number of amides is 1. The summed E-state index contributed by atoms with van der Waals surface area (Å²) in [5.41, 5.74) is -0.316. The molecule has 0 radical (unpaired) electrons. The molecule has 0 spiro atoms. The van der Waals surface area contributed by atoms with E-state index in [1.807, 2.05) is 0 Å². The summed E-state index contributed by atoms with van der Waals surface area (Å²) >= 11 is 0. The number of hydrogen-bond donors (Lipinski definition) is 0. The van der Waals surface area contributed by atoms with Gasteiger partial charge in [0.15, 0.2) is 0 Å². The Balaban J connectivity index is 2.25. The number of rotatable bonds is 4. The van der Waals surface area contributed by atoms with Crippen LogP contribution >= 0.6 is 0 Å². The van der Waals surface area contributed by atoms with E-state index in [2.05, 4.69) is 0 Å². The summed E-state index contributed by atoms with van der Waals surface area (Å²) in [5, 5.41) is 0. The zero-order chi connectivity index (χ0) is 14.9. The lowest BCUT2D eigenvalue weighted by Crippen LogP contribution is -2.45. The van der Waals surface area contributed by atoms with Gasteiger partial charge in [0.25, 0.3) is 5.91 Å². The minimum Gasteiger partial charge on any atom is -0.326 e. The molecule has 1 amide bonds. The Hall–Kier alpha value is -1.59. The number of alkyl halides is 3. The van der Waals surface area contributed by atoms with Crippen molar-refractivity contribution in [2.75, 3.05) is 6.54 Å². The van der Waals surface area contributed by atoms with Crippen LogP contribution in [0, 0.1) is 11.7 Å². The van der Waals surface area contributed by atoms with Gasteiger partial charge >= 0.3 is 6.18 Å². The molecule has 0 N–H and O–H groups in total. The molecule has 0 aromatic heterocycles. The minimum absolute atomic E-state index is 0.0769. The van der Waals surface area contributed by atoms with Gasteiger partial charge in [-0.05, 0) is 37.8 Å². The average molecular weight is 289 g/mol. The predicted octanol–water partition coefficient (Wildman–Crippen LogP) is 3.63. The summed E-state index contributed by atoms with van der Waals surface area (Å²) in [6.45, 7) is 0.236. The normalized spacial score (nSPS) is 16.9. The fourth-order valence-corrected chi connectivity index (χ4v) is 2.22. The molecule has 1 fully saturated rings. The Kier molecular flexibility index (Phi) is 4.01. The number of carbonyl (C=O) groups is 1. The van der Waals surface area contributed by atoms with Crippen molar-refractivity contribution >= 4 is 5.91 Å². The van der Waals surface area contributed by atoms with E-state index in [0.717, 1.165) is 23.8 Å². The fourth-order valence-electron chi connectivity index (χ4n) is 2.22. The van der Waals surface area contributed by atoms with E-state index < -0.39 is 30.5 Å². The predicted molar refractivity (Wildman–Crippen MR) is 65.7 cm³/mol. The highest BCUT2D eigenvalue weighted by Gasteiger charge is 2.41. The standard InChI is InChI=1S/C14H15F4NO/c1-9(10-6-7-10)19(8-14(16,17)18)13(20)11-4-2-3-5-12(11)15/h2-5,9-10H,6-8H2,1H3/t9-/m1/s1. The first-order valence-corrected chi connectivity index (χ1v) is 6.42. The summed E-state index contributed by atoms with van der Waals surface area (Å²) < 4.78 is 51.5. The number of hydrogen-bond acceptors (Lipinski definition) is 1. The molecule has 0 saturated heterocycles. The summed E-state index contributed by atoms with van der Waals surface area (Å²) in [4.78, 5) is 12.9. The van der Waals surface area contributed by atoms with Crippen molar-refractivity contribution in [3.05, 3.63) is 35.6 Å². The van der Waals surface area contributed by atoms with E-state index in [0.29, 0.717) is 0 Å². The van der Waals surface area contributed by atoms with Crippen LogP contribution in [0.3, 0.4) is 0 Å². The first-order valence-electron chi connectivity index (χ1n) is 6.42. The smallest absolute Gasteiger partial charge is 0.326 e. The number of halogens is 4. The molecule has 1 aromatic carbocycles. The van der Waals surface area contributed by atoms with Crippen LogP contribution in [-0.4, -0.2) is 29.6 Å². The van der Waals surface area contributed by atoms with E-state index >= 15 is 0 Å². The second-order valence-electron chi connectivity index (χ2n) is 5.11. The maximum atomic E-state index is 13.6. The van der Waals surface area contributed by atoms with E-state index in [1.165, 1.54) is 18.2 Å². The van der Waals surface area contributed by atoms with Crippen LogP contribution in [0.25, 0.3) is 0 Å². The topological polar surface area (TPSA) is 20.3 Å². The van der Waals surface area contributed by atoms with Crippen molar-refractivity contribution in [1.82, 2.24) is 4.90 Å². The Morgan fingerprint density at radius 1 is 1.35 bits per heavy atom. The molecule has 2 rings (SSSR count). The van der Waals surface area contributed by atoms with Crippen LogP contribution in [-0.2, 0) is 0 Å². The van der Waals surface area contributed by atoms with Crippen molar-refractivity contribution in [2.24, 2.45) is 5.92 Å². The minimum atomic E-state index is -4.50. The maximum Gasteiger partial charge on any atom is 0.406 e. The molecule has 1 saturated carbocycles. The molecule has 1 aromatic rings. The fraction of sp³-hybridized carbons (Fsp3) is 0.500. The lowest BCUT2D eigenvalue weighted by atomic mass is 10.1. The lowest BCUT2D eigenvalue weighted by Gasteiger charge is -2.30. The molecule has 0 aliphatic heterocycles. The van der Waals surface area contributed by atoms with E-state index in [4.69, 9.17) is 0 Å². The van der Waals surface area contributed by atoms with Gasteiger partial charge in [-0.2, -0.15) is 13.2 Å². The zero-order valence-corrected chi connectivity index (χ0v) is 11.0. The number of nitrogens with zero attached hydrogens (tertiary/aromatic N) is 1. The molecular formula is C14H15F4NO. The van der Waals surface area contributed by atoms with Gasteiger partial charge in [-0.3, -0.25) is 4.79 Å². The molecule has 0 heterocycles. The Morgan fingerprint density at radius 2 is 1.95 bits per heavy atom. The van der Waals surface area contributed by atoms with Gasteiger partial charge in [0.1, 0.15) is 12.4 Å². The number of carbonyl (C=O) groups excluding carboxylic acids is 1. The highest BCUT2D eigenvalue weighted by molar-refractivity contribution is 5.94. The van der Waals surface area contributed by atoms with Crippen molar-refractivity contribution in [3.63, 3.8) is 0 Å². The molecular weight excluding hydrogens is 274 g/mol. The maximum absolute atomic E-state index is 13.6. The Labute approximate surface area is 114 Å². The molecule has 1 aliphatic rings. The summed E-state index contributed by atoms with van der Waals surface area (Å²) in [6, 6.07) is 4.57. The van der Waals surface area contributed by atoms with Gasteiger partial charge in [-0.1, -0.05) is 12.1 Å². The van der Waals surface area contributed by atoms with Crippen LogP contribution in [0.1, 0.15) is 30.1 Å². The molecule has 0 bridgehead atoms. The third-order valence-corrected chi connectivity index (χ3v) is 3.51. The molecule has 110 valence electrons. The first kappa shape index (κ1) is 14.8. The van der Waals surface area contributed by atoms with Crippen LogP contribution in [0.2, 0.25) is 0 Å². The van der Waals surface area contributed by atoms with E-state index in [-0.39, 0.29) is 11.5 Å². The second-order valence-corrected chi connectivity index (χ2v) is 5.11. The third kappa shape index (κ3) is 3.49. The van der Waals surface area contributed by atoms with E-state index in [1.54, 1.807) is 6.92 Å². The van der Waals surface area contributed by atoms with Gasteiger partial charge in [0, 0.05) is 6.04 Å².